The maximum Gasteiger partial charge on any atom is 0.223 e. The number of aromatic nitrogens is 3. The van der Waals surface area contributed by atoms with Crippen molar-refractivity contribution >= 4 is 16.6 Å². The highest BCUT2D eigenvalue weighted by atomic mass is 19.1. The Labute approximate surface area is 145 Å². The summed E-state index contributed by atoms with van der Waals surface area (Å²) in [6.45, 7) is 7.92. The highest BCUT2D eigenvalue weighted by molar-refractivity contribution is 5.92. The molecule has 0 amide bonds. The van der Waals surface area contributed by atoms with Crippen LogP contribution in [0.1, 0.15) is 17.4 Å². The lowest BCUT2D eigenvalue weighted by molar-refractivity contribution is 0.240. The van der Waals surface area contributed by atoms with E-state index in [4.69, 9.17) is 4.52 Å². The molecule has 1 aromatic carbocycles. The molecule has 1 aliphatic rings. The Hall–Kier alpha value is -2.54. The van der Waals surface area contributed by atoms with Crippen molar-refractivity contribution in [1.82, 2.24) is 20.0 Å². The molecule has 0 spiro atoms. The zero-order chi connectivity index (χ0) is 17.4. The molecule has 0 bridgehead atoms. The quantitative estimate of drug-likeness (QED) is 0.730. The second kappa shape index (κ2) is 6.40. The Morgan fingerprint density at radius 2 is 1.92 bits per heavy atom. The number of hydrogen-bond acceptors (Lipinski definition) is 6. The topological polar surface area (TPSA) is 58.3 Å². The van der Waals surface area contributed by atoms with Crippen molar-refractivity contribution in [3.05, 3.63) is 47.5 Å². The van der Waals surface area contributed by atoms with E-state index < -0.39 is 0 Å². The summed E-state index contributed by atoms with van der Waals surface area (Å²) in [7, 11) is 0. The van der Waals surface area contributed by atoms with Gasteiger partial charge in [-0.05, 0) is 19.1 Å². The molecule has 4 rings (SSSR count). The first-order valence-electron chi connectivity index (χ1n) is 8.42. The lowest BCUT2D eigenvalue weighted by Gasteiger charge is -2.36. The predicted octanol–water partition coefficient (Wildman–Crippen LogP) is 2.70. The SMILES string of the molecule is Cc1cc(N2CCN(Cc3noc(C)n3)CC2)c2cccc(F)c2n1. The monoisotopic (exact) mass is 341 g/mol. The smallest absolute Gasteiger partial charge is 0.223 e. The van der Waals surface area contributed by atoms with Crippen LogP contribution < -0.4 is 4.90 Å². The van der Waals surface area contributed by atoms with E-state index in [2.05, 4.69) is 24.9 Å². The fourth-order valence-corrected chi connectivity index (χ4v) is 3.33. The molecule has 1 fully saturated rings. The molecule has 0 atom stereocenters. The molecule has 1 aliphatic heterocycles. The molecule has 25 heavy (non-hydrogen) atoms. The first-order chi connectivity index (χ1) is 12.1. The Bertz CT molecular complexity index is 902. The van der Waals surface area contributed by atoms with Gasteiger partial charge in [0.15, 0.2) is 5.82 Å². The summed E-state index contributed by atoms with van der Waals surface area (Å²) in [5, 5.41) is 4.83. The number of nitrogens with zero attached hydrogens (tertiary/aromatic N) is 5. The highest BCUT2D eigenvalue weighted by Crippen LogP contribution is 2.29. The molecule has 7 heteroatoms. The van der Waals surface area contributed by atoms with E-state index >= 15 is 0 Å². The van der Waals surface area contributed by atoms with Crippen molar-refractivity contribution in [2.45, 2.75) is 20.4 Å². The predicted molar refractivity (Wildman–Crippen MR) is 93.0 cm³/mol. The van der Waals surface area contributed by atoms with Gasteiger partial charge in [-0.25, -0.2) is 9.37 Å². The van der Waals surface area contributed by atoms with Crippen LogP contribution in [-0.4, -0.2) is 46.2 Å². The largest absolute Gasteiger partial charge is 0.368 e. The third kappa shape index (κ3) is 3.19. The Morgan fingerprint density at radius 3 is 2.64 bits per heavy atom. The van der Waals surface area contributed by atoms with E-state index in [1.807, 2.05) is 19.1 Å². The van der Waals surface area contributed by atoms with Crippen molar-refractivity contribution in [2.24, 2.45) is 0 Å². The minimum Gasteiger partial charge on any atom is -0.368 e. The van der Waals surface area contributed by atoms with Gasteiger partial charge in [-0.2, -0.15) is 4.98 Å². The maximum absolute atomic E-state index is 14.1. The van der Waals surface area contributed by atoms with E-state index in [1.165, 1.54) is 6.07 Å². The van der Waals surface area contributed by atoms with Gasteiger partial charge in [-0.1, -0.05) is 17.3 Å². The summed E-state index contributed by atoms with van der Waals surface area (Å²) in [4.78, 5) is 13.2. The van der Waals surface area contributed by atoms with E-state index in [0.717, 1.165) is 48.8 Å². The van der Waals surface area contributed by atoms with Crippen LogP contribution in [0.2, 0.25) is 0 Å². The lowest BCUT2D eigenvalue weighted by Crippen LogP contribution is -2.46. The number of aryl methyl sites for hydroxylation is 2. The van der Waals surface area contributed by atoms with Gasteiger partial charge < -0.3 is 9.42 Å². The molecule has 3 aromatic rings. The number of anilines is 1. The van der Waals surface area contributed by atoms with E-state index in [-0.39, 0.29) is 5.82 Å². The minimum atomic E-state index is -0.270. The van der Waals surface area contributed by atoms with Crippen LogP contribution in [0.5, 0.6) is 0 Å². The number of benzene rings is 1. The van der Waals surface area contributed by atoms with Gasteiger partial charge in [0, 0.05) is 49.9 Å². The van der Waals surface area contributed by atoms with Crippen molar-refractivity contribution < 1.29 is 8.91 Å². The van der Waals surface area contributed by atoms with Crippen LogP contribution in [0.15, 0.2) is 28.8 Å². The Balaban J connectivity index is 1.53. The van der Waals surface area contributed by atoms with Crippen LogP contribution in [0.3, 0.4) is 0 Å². The molecule has 0 unspecified atom stereocenters. The standard InChI is InChI=1S/C18H20FN5O/c1-12-10-16(14-4-3-5-15(19)18(14)20-12)24-8-6-23(7-9-24)11-17-21-13(2)25-22-17/h3-5,10H,6-9,11H2,1-2H3. The maximum atomic E-state index is 14.1. The van der Waals surface area contributed by atoms with Gasteiger partial charge in [-0.15, -0.1) is 0 Å². The summed E-state index contributed by atoms with van der Waals surface area (Å²) < 4.78 is 19.1. The molecule has 2 aromatic heterocycles. The van der Waals surface area contributed by atoms with E-state index in [1.54, 1.807) is 13.0 Å². The molecular formula is C18H20FN5O. The summed E-state index contributed by atoms with van der Waals surface area (Å²) in [5.74, 6) is 1.04. The zero-order valence-electron chi connectivity index (χ0n) is 14.4. The fourth-order valence-electron chi connectivity index (χ4n) is 3.33. The molecule has 3 heterocycles. The van der Waals surface area contributed by atoms with E-state index in [9.17, 15) is 4.39 Å². The minimum absolute atomic E-state index is 0.270. The summed E-state index contributed by atoms with van der Waals surface area (Å²) in [5.41, 5.74) is 2.33. The number of pyridine rings is 1. The number of fused-ring (bicyclic) bond motifs is 1. The van der Waals surface area contributed by atoms with Gasteiger partial charge in [0.1, 0.15) is 11.3 Å². The number of para-hydroxylation sites is 1. The van der Waals surface area contributed by atoms with Gasteiger partial charge in [0.25, 0.3) is 0 Å². The molecule has 0 saturated carbocycles. The third-order valence-corrected chi connectivity index (χ3v) is 4.54. The van der Waals surface area contributed by atoms with Crippen LogP contribution in [0.25, 0.3) is 10.9 Å². The Kier molecular flexibility index (Phi) is 4.09. The average molecular weight is 341 g/mol. The molecule has 1 saturated heterocycles. The highest BCUT2D eigenvalue weighted by Gasteiger charge is 2.21. The van der Waals surface area contributed by atoms with Crippen LogP contribution in [0.4, 0.5) is 10.1 Å². The van der Waals surface area contributed by atoms with Crippen molar-refractivity contribution in [2.75, 3.05) is 31.1 Å². The molecule has 0 N–H and O–H groups in total. The number of halogens is 1. The molecular weight excluding hydrogens is 321 g/mol. The zero-order valence-corrected chi connectivity index (χ0v) is 14.4. The van der Waals surface area contributed by atoms with Crippen molar-refractivity contribution in [3.63, 3.8) is 0 Å². The second-order valence-corrected chi connectivity index (χ2v) is 6.41. The first-order valence-corrected chi connectivity index (χ1v) is 8.42. The lowest BCUT2D eigenvalue weighted by atomic mass is 10.1. The molecule has 6 nitrogen and oxygen atoms in total. The molecule has 0 radical (unpaired) electrons. The Morgan fingerprint density at radius 1 is 1.12 bits per heavy atom. The second-order valence-electron chi connectivity index (χ2n) is 6.41. The number of hydrogen-bond donors (Lipinski definition) is 0. The van der Waals surface area contributed by atoms with Crippen LogP contribution in [0, 0.1) is 19.7 Å². The van der Waals surface area contributed by atoms with Crippen LogP contribution >= 0.6 is 0 Å². The van der Waals surface area contributed by atoms with Crippen molar-refractivity contribution in [1.29, 1.82) is 0 Å². The first kappa shape index (κ1) is 16.0. The van der Waals surface area contributed by atoms with Crippen LogP contribution in [-0.2, 0) is 6.54 Å². The molecule has 130 valence electrons. The summed E-state index contributed by atoms with van der Waals surface area (Å²) in [6, 6.07) is 7.19. The van der Waals surface area contributed by atoms with Gasteiger partial charge in [0.05, 0.1) is 6.54 Å². The summed E-state index contributed by atoms with van der Waals surface area (Å²) in [6.07, 6.45) is 0. The number of rotatable bonds is 3. The average Bonchev–Trinajstić information content (AvgIpc) is 3.01. The summed E-state index contributed by atoms with van der Waals surface area (Å²) >= 11 is 0. The van der Waals surface area contributed by atoms with Crippen molar-refractivity contribution in [3.8, 4) is 0 Å². The third-order valence-electron chi connectivity index (χ3n) is 4.54. The van der Waals surface area contributed by atoms with E-state index in [0.29, 0.717) is 18.0 Å². The normalized spacial score (nSPS) is 15.9. The van der Waals surface area contributed by atoms with Gasteiger partial charge >= 0.3 is 0 Å². The van der Waals surface area contributed by atoms with Gasteiger partial charge in [0.2, 0.25) is 5.89 Å². The molecule has 0 aliphatic carbocycles. The van der Waals surface area contributed by atoms with Gasteiger partial charge in [-0.3, -0.25) is 4.90 Å². The number of piperazine rings is 1. The fraction of sp³-hybridized carbons (Fsp3) is 0.389.